The van der Waals surface area contributed by atoms with Crippen LogP contribution in [0.5, 0.6) is 0 Å². The number of hydrogen-bond donors (Lipinski definition) is 1. The van der Waals surface area contributed by atoms with E-state index in [1.807, 2.05) is 11.5 Å². The molecule has 0 aliphatic carbocycles. The first-order valence-corrected chi connectivity index (χ1v) is 5.49. The zero-order chi connectivity index (χ0) is 12.6. The molecule has 0 saturated carbocycles. The normalized spacial score (nSPS) is 12.8. The largest absolute Gasteiger partial charge is 0.389 e. The number of halogens is 1. The van der Waals surface area contributed by atoms with E-state index in [1.165, 1.54) is 6.07 Å². The summed E-state index contributed by atoms with van der Waals surface area (Å²) in [5.74, 6) is 0.500. The van der Waals surface area contributed by atoms with Gasteiger partial charge in [0.1, 0.15) is 11.6 Å². The topological polar surface area (TPSA) is 38.0 Å². The highest BCUT2D eigenvalue weighted by Gasteiger charge is 2.14. The number of aryl methyl sites for hydroxylation is 2. The van der Waals surface area contributed by atoms with Crippen molar-refractivity contribution in [2.45, 2.75) is 26.9 Å². The summed E-state index contributed by atoms with van der Waals surface area (Å²) in [6.07, 6.45) is 2.76. The Hall–Kier alpha value is -1.68. The molecule has 0 amide bonds. The zero-order valence-electron chi connectivity index (χ0n) is 10.1. The summed E-state index contributed by atoms with van der Waals surface area (Å²) in [7, 11) is 0. The highest BCUT2D eigenvalue weighted by molar-refractivity contribution is 5.46. The summed E-state index contributed by atoms with van der Waals surface area (Å²) in [5.41, 5.74) is 1.89. The molecule has 0 aliphatic heterocycles. The Morgan fingerprint density at radius 3 is 2.59 bits per heavy atom. The number of nitrogens with zero attached hydrogens (tertiary/aromatic N) is 2. The summed E-state index contributed by atoms with van der Waals surface area (Å²) in [6, 6.07) is 3.11. The van der Waals surface area contributed by atoms with Crippen molar-refractivity contribution in [3.63, 3.8) is 0 Å². The lowest BCUT2D eigenvalue weighted by Crippen LogP contribution is -2.05. The monoisotopic (exact) mass is 234 g/mol. The van der Waals surface area contributed by atoms with E-state index in [1.54, 1.807) is 32.3 Å². The van der Waals surface area contributed by atoms with Crippen LogP contribution in [0, 0.1) is 19.7 Å². The van der Waals surface area contributed by atoms with Crippen LogP contribution < -0.4 is 0 Å². The van der Waals surface area contributed by atoms with Crippen molar-refractivity contribution >= 4 is 0 Å². The van der Waals surface area contributed by atoms with Crippen LogP contribution in [-0.4, -0.2) is 14.7 Å². The number of hydrogen-bond acceptors (Lipinski definition) is 2. The molecule has 0 aliphatic rings. The third kappa shape index (κ3) is 2.08. The third-order valence-corrected chi connectivity index (χ3v) is 2.84. The van der Waals surface area contributed by atoms with Crippen molar-refractivity contribution in [1.82, 2.24) is 9.55 Å². The molecule has 90 valence electrons. The zero-order valence-corrected chi connectivity index (χ0v) is 10.1. The molecule has 3 nitrogen and oxygen atoms in total. The average Bonchev–Trinajstić information content (AvgIpc) is 2.67. The van der Waals surface area contributed by atoms with E-state index in [2.05, 4.69) is 4.98 Å². The van der Waals surface area contributed by atoms with Gasteiger partial charge in [0.25, 0.3) is 0 Å². The highest BCUT2D eigenvalue weighted by atomic mass is 19.1. The van der Waals surface area contributed by atoms with Gasteiger partial charge < -0.3 is 9.67 Å². The van der Waals surface area contributed by atoms with Crippen LogP contribution in [0.2, 0.25) is 0 Å². The summed E-state index contributed by atoms with van der Waals surface area (Å²) in [5, 5.41) is 9.71. The van der Waals surface area contributed by atoms with Crippen molar-refractivity contribution < 1.29 is 9.50 Å². The molecule has 2 aromatic rings. The first kappa shape index (κ1) is 11.8. The van der Waals surface area contributed by atoms with Crippen molar-refractivity contribution in [2.75, 3.05) is 0 Å². The van der Waals surface area contributed by atoms with Crippen LogP contribution in [0.1, 0.15) is 30.0 Å². The van der Waals surface area contributed by atoms with Crippen LogP contribution in [0.3, 0.4) is 0 Å². The number of benzene rings is 1. The van der Waals surface area contributed by atoms with E-state index >= 15 is 0 Å². The minimum Gasteiger partial charge on any atom is -0.389 e. The van der Waals surface area contributed by atoms with E-state index in [-0.39, 0.29) is 5.82 Å². The molecule has 0 bridgehead atoms. The number of rotatable bonds is 2. The Balaban J connectivity index is 2.68. The number of aliphatic hydroxyl groups is 1. The average molecular weight is 234 g/mol. The van der Waals surface area contributed by atoms with E-state index in [4.69, 9.17) is 0 Å². The lowest BCUT2D eigenvalue weighted by atomic mass is 10.0. The molecule has 0 unspecified atom stereocenters. The fourth-order valence-corrected chi connectivity index (χ4v) is 1.86. The smallest absolute Gasteiger partial charge is 0.126 e. The second-order valence-corrected chi connectivity index (χ2v) is 4.18. The predicted molar refractivity (Wildman–Crippen MR) is 63.6 cm³/mol. The molecule has 0 fully saturated rings. The molecule has 4 heteroatoms. The Labute approximate surface area is 99.5 Å². The Kier molecular flexibility index (Phi) is 2.98. The van der Waals surface area contributed by atoms with E-state index < -0.39 is 6.10 Å². The van der Waals surface area contributed by atoms with Gasteiger partial charge in [0.15, 0.2) is 0 Å². The number of aliphatic hydroxyl groups excluding tert-OH is 1. The molecule has 17 heavy (non-hydrogen) atoms. The van der Waals surface area contributed by atoms with Crippen molar-refractivity contribution in [2.24, 2.45) is 0 Å². The molecule has 1 aromatic carbocycles. The first-order chi connectivity index (χ1) is 8.00. The van der Waals surface area contributed by atoms with Crippen LogP contribution >= 0.6 is 0 Å². The summed E-state index contributed by atoms with van der Waals surface area (Å²) >= 11 is 0. The lowest BCUT2D eigenvalue weighted by Gasteiger charge is -2.15. The SMILES string of the molecule is Cc1cc(-n2ccnc2C)c([C@H](C)O)cc1F. The van der Waals surface area contributed by atoms with Gasteiger partial charge in [-0.2, -0.15) is 0 Å². The number of aromatic nitrogens is 2. The van der Waals surface area contributed by atoms with Crippen LogP contribution in [0.25, 0.3) is 5.69 Å². The second kappa shape index (κ2) is 4.30. The lowest BCUT2D eigenvalue weighted by molar-refractivity contribution is 0.198. The Morgan fingerprint density at radius 2 is 2.06 bits per heavy atom. The van der Waals surface area contributed by atoms with Gasteiger partial charge in [0.05, 0.1) is 11.8 Å². The fourth-order valence-electron chi connectivity index (χ4n) is 1.86. The molecule has 1 atom stereocenters. The fraction of sp³-hybridized carbons (Fsp3) is 0.308. The molecular formula is C13H15FN2O. The molecule has 1 heterocycles. The molecule has 1 aromatic heterocycles. The van der Waals surface area contributed by atoms with Gasteiger partial charge in [-0.3, -0.25) is 0 Å². The molecule has 0 saturated heterocycles. The Bertz CT molecular complexity index is 546. The van der Waals surface area contributed by atoms with E-state index in [0.717, 1.165) is 11.5 Å². The van der Waals surface area contributed by atoms with Gasteiger partial charge in [-0.1, -0.05) is 0 Å². The van der Waals surface area contributed by atoms with Crippen LogP contribution in [0.15, 0.2) is 24.5 Å². The standard InChI is InChI=1S/C13H15FN2O/c1-8-6-13(16-5-4-15-10(16)3)11(9(2)17)7-12(8)14/h4-7,9,17H,1-3H3/t9-/m0/s1. The minimum absolute atomic E-state index is 0.303. The van der Waals surface area contributed by atoms with Crippen molar-refractivity contribution in [3.8, 4) is 5.69 Å². The predicted octanol–water partition coefficient (Wildman–Crippen LogP) is 2.68. The van der Waals surface area contributed by atoms with Crippen LogP contribution in [-0.2, 0) is 0 Å². The van der Waals surface area contributed by atoms with Gasteiger partial charge in [-0.25, -0.2) is 9.37 Å². The number of imidazole rings is 1. The third-order valence-electron chi connectivity index (χ3n) is 2.84. The maximum absolute atomic E-state index is 13.5. The van der Waals surface area contributed by atoms with Gasteiger partial charge in [-0.15, -0.1) is 0 Å². The van der Waals surface area contributed by atoms with Crippen molar-refractivity contribution in [3.05, 3.63) is 47.3 Å². The van der Waals surface area contributed by atoms with Gasteiger partial charge in [0, 0.05) is 18.0 Å². The molecule has 0 radical (unpaired) electrons. The molecule has 1 N–H and O–H groups in total. The van der Waals surface area contributed by atoms with Gasteiger partial charge in [-0.05, 0) is 38.5 Å². The van der Waals surface area contributed by atoms with Crippen LogP contribution in [0.4, 0.5) is 4.39 Å². The molecular weight excluding hydrogens is 219 g/mol. The Morgan fingerprint density at radius 1 is 1.35 bits per heavy atom. The van der Waals surface area contributed by atoms with E-state index in [0.29, 0.717) is 11.1 Å². The van der Waals surface area contributed by atoms with Gasteiger partial charge >= 0.3 is 0 Å². The van der Waals surface area contributed by atoms with Gasteiger partial charge in [0.2, 0.25) is 0 Å². The summed E-state index contributed by atoms with van der Waals surface area (Å²) < 4.78 is 15.4. The molecule has 0 spiro atoms. The quantitative estimate of drug-likeness (QED) is 0.867. The maximum atomic E-state index is 13.5. The second-order valence-electron chi connectivity index (χ2n) is 4.18. The minimum atomic E-state index is -0.720. The first-order valence-electron chi connectivity index (χ1n) is 5.49. The summed E-state index contributed by atoms with van der Waals surface area (Å²) in [6.45, 7) is 5.20. The summed E-state index contributed by atoms with van der Waals surface area (Å²) in [4.78, 5) is 4.13. The highest BCUT2D eigenvalue weighted by Crippen LogP contribution is 2.25. The van der Waals surface area contributed by atoms with E-state index in [9.17, 15) is 9.50 Å². The van der Waals surface area contributed by atoms with Crippen molar-refractivity contribution in [1.29, 1.82) is 0 Å². The maximum Gasteiger partial charge on any atom is 0.126 e. The molecule has 2 rings (SSSR count).